The molecule has 0 spiro atoms. The summed E-state index contributed by atoms with van der Waals surface area (Å²) in [5.74, 6) is -0.746. The van der Waals surface area contributed by atoms with Crippen LogP contribution in [0.1, 0.15) is 41.0 Å². The number of carbonyl (C=O) groups is 2. The van der Waals surface area contributed by atoms with E-state index in [-0.39, 0.29) is 12.6 Å². The smallest absolute Gasteiger partial charge is 0.356 e. The van der Waals surface area contributed by atoms with Crippen LogP contribution < -0.4 is 9.80 Å². The molecule has 8 nitrogen and oxygen atoms in total. The van der Waals surface area contributed by atoms with E-state index >= 15 is 0 Å². The Balaban J connectivity index is 1.23. The maximum Gasteiger partial charge on any atom is 0.356 e. The number of esters is 2. The van der Waals surface area contributed by atoms with Crippen molar-refractivity contribution in [3.63, 3.8) is 0 Å². The second-order valence-corrected chi connectivity index (χ2v) is 9.71. The molecular weight excluding hydrogens is 475 g/mol. The average Bonchev–Trinajstić information content (AvgIpc) is 2.89. The normalized spacial score (nSPS) is 16.0. The highest BCUT2D eigenvalue weighted by Gasteiger charge is 2.47. The number of hydrogen-bond acceptors (Lipinski definition) is 8. The molecule has 192 valence electrons. The van der Waals surface area contributed by atoms with Gasteiger partial charge in [-0.05, 0) is 43.0 Å². The van der Waals surface area contributed by atoms with Gasteiger partial charge >= 0.3 is 11.9 Å². The largest absolute Gasteiger partial charge is 0.461 e. The van der Waals surface area contributed by atoms with Crippen LogP contribution in [0.15, 0.2) is 54.7 Å². The number of halogens is 1. The number of nitrogens with zero attached hydrogens (tertiary/aromatic N) is 4. The van der Waals surface area contributed by atoms with Gasteiger partial charge in [0.05, 0.1) is 12.0 Å². The summed E-state index contributed by atoms with van der Waals surface area (Å²) >= 11 is 0. The van der Waals surface area contributed by atoms with Crippen molar-refractivity contribution in [1.82, 2.24) is 9.97 Å². The first-order chi connectivity index (χ1) is 17.8. The minimum absolute atomic E-state index is 0.232. The number of benzene rings is 1. The maximum absolute atomic E-state index is 14.6. The van der Waals surface area contributed by atoms with Gasteiger partial charge in [-0.2, -0.15) is 4.39 Å². The van der Waals surface area contributed by atoms with Gasteiger partial charge in [-0.15, -0.1) is 0 Å². The topological polar surface area (TPSA) is 84.9 Å². The number of carbonyl (C=O) groups excluding carboxylic acids is 2. The Labute approximate surface area is 215 Å². The molecule has 0 atom stereocenters. The van der Waals surface area contributed by atoms with Crippen molar-refractivity contribution >= 4 is 23.4 Å². The predicted octanol–water partition coefficient (Wildman–Crippen LogP) is 3.92. The van der Waals surface area contributed by atoms with Crippen molar-refractivity contribution in [2.75, 3.05) is 36.0 Å². The third kappa shape index (κ3) is 5.26. The van der Waals surface area contributed by atoms with Gasteiger partial charge in [0, 0.05) is 50.2 Å². The highest BCUT2D eigenvalue weighted by molar-refractivity contribution is 5.87. The van der Waals surface area contributed by atoms with Crippen LogP contribution in [-0.4, -0.2) is 48.1 Å². The second-order valence-electron chi connectivity index (χ2n) is 9.71. The van der Waals surface area contributed by atoms with Crippen molar-refractivity contribution in [3.8, 4) is 0 Å². The monoisotopic (exact) mass is 504 g/mol. The molecular formula is C28H29FN4O4. The summed E-state index contributed by atoms with van der Waals surface area (Å²) in [4.78, 5) is 37.0. The van der Waals surface area contributed by atoms with Crippen LogP contribution in [0.2, 0.25) is 0 Å². The molecule has 4 heterocycles. The molecule has 0 bridgehead atoms. The number of pyridine rings is 2. The van der Waals surface area contributed by atoms with Crippen LogP contribution in [0, 0.1) is 11.4 Å². The summed E-state index contributed by atoms with van der Waals surface area (Å²) in [6.07, 6.45) is 2.35. The van der Waals surface area contributed by atoms with E-state index in [1.165, 1.54) is 6.07 Å². The lowest BCUT2D eigenvalue weighted by Crippen LogP contribution is -2.59. The molecule has 0 unspecified atom stereocenters. The molecule has 1 saturated heterocycles. The number of aromatic nitrogens is 2. The van der Waals surface area contributed by atoms with Crippen LogP contribution in [0.5, 0.6) is 0 Å². The van der Waals surface area contributed by atoms with E-state index in [0.29, 0.717) is 56.4 Å². The van der Waals surface area contributed by atoms with Crippen LogP contribution in [0.25, 0.3) is 0 Å². The van der Waals surface area contributed by atoms with Gasteiger partial charge in [0.1, 0.15) is 18.1 Å². The molecule has 0 amide bonds. The lowest BCUT2D eigenvalue weighted by molar-refractivity contribution is -0.157. The molecule has 0 N–H and O–H groups in total. The molecule has 2 aliphatic rings. The van der Waals surface area contributed by atoms with Gasteiger partial charge in [0.2, 0.25) is 5.95 Å². The van der Waals surface area contributed by atoms with E-state index in [9.17, 15) is 14.0 Å². The van der Waals surface area contributed by atoms with E-state index in [0.717, 1.165) is 16.7 Å². The Hall–Kier alpha value is -4.01. The fraction of sp³-hybridized carbons (Fsp3) is 0.357. The van der Waals surface area contributed by atoms with Crippen LogP contribution in [-0.2, 0) is 33.8 Å². The van der Waals surface area contributed by atoms with E-state index < -0.39 is 17.3 Å². The summed E-state index contributed by atoms with van der Waals surface area (Å²) in [5.41, 5.74) is 3.25. The molecule has 3 aromatic rings. The highest BCUT2D eigenvalue weighted by Crippen LogP contribution is 2.37. The minimum atomic E-state index is -0.652. The van der Waals surface area contributed by atoms with E-state index in [4.69, 9.17) is 9.47 Å². The summed E-state index contributed by atoms with van der Waals surface area (Å²) in [5, 5.41) is 0. The predicted molar refractivity (Wildman–Crippen MR) is 136 cm³/mol. The van der Waals surface area contributed by atoms with Crippen molar-refractivity contribution in [1.29, 1.82) is 0 Å². The van der Waals surface area contributed by atoms with Gasteiger partial charge in [-0.1, -0.05) is 30.3 Å². The average molecular weight is 505 g/mol. The zero-order chi connectivity index (χ0) is 26.0. The molecule has 2 aliphatic heterocycles. The summed E-state index contributed by atoms with van der Waals surface area (Å²) in [7, 11) is 0. The lowest BCUT2D eigenvalue weighted by atomic mass is 9.81. The van der Waals surface area contributed by atoms with E-state index in [1.54, 1.807) is 19.2 Å². The van der Waals surface area contributed by atoms with Gasteiger partial charge < -0.3 is 19.3 Å². The van der Waals surface area contributed by atoms with Crippen LogP contribution in [0.3, 0.4) is 0 Å². The SMILES string of the molecule is CCOC(=O)c1cc2c(cn1)CN(c1cc(N3CC(C)(C(=O)OCc4ccccc4)C3)cc(F)n1)CC2. The van der Waals surface area contributed by atoms with Crippen molar-refractivity contribution < 1.29 is 23.5 Å². The lowest BCUT2D eigenvalue weighted by Gasteiger charge is -2.47. The van der Waals surface area contributed by atoms with Crippen molar-refractivity contribution in [2.24, 2.45) is 5.41 Å². The zero-order valence-corrected chi connectivity index (χ0v) is 20.9. The first-order valence-corrected chi connectivity index (χ1v) is 12.4. The van der Waals surface area contributed by atoms with Crippen molar-refractivity contribution in [2.45, 2.75) is 33.4 Å². The third-order valence-electron chi connectivity index (χ3n) is 6.82. The molecule has 1 fully saturated rings. The fourth-order valence-electron chi connectivity index (χ4n) is 4.77. The first-order valence-electron chi connectivity index (χ1n) is 12.4. The number of ether oxygens (including phenoxy) is 2. The van der Waals surface area contributed by atoms with Gasteiger partial charge in [-0.25, -0.2) is 14.8 Å². The maximum atomic E-state index is 14.6. The molecule has 0 saturated carbocycles. The van der Waals surface area contributed by atoms with Crippen molar-refractivity contribution in [3.05, 3.63) is 83.1 Å². The molecule has 37 heavy (non-hydrogen) atoms. The fourth-order valence-corrected chi connectivity index (χ4v) is 4.77. The number of anilines is 2. The molecule has 0 radical (unpaired) electrons. The third-order valence-corrected chi connectivity index (χ3v) is 6.82. The summed E-state index contributed by atoms with van der Waals surface area (Å²) in [6, 6.07) is 14.6. The number of fused-ring (bicyclic) bond motifs is 1. The van der Waals surface area contributed by atoms with E-state index in [1.807, 2.05) is 53.1 Å². The first kappa shape index (κ1) is 24.7. The standard InChI is InChI=1S/C28H29FN4O4/c1-3-36-26(34)23-11-20-9-10-32(15-21(20)14-30-23)25-13-22(12-24(29)31-25)33-17-28(2,18-33)27(35)37-16-19-7-5-4-6-8-19/h4-8,11-14H,3,9-10,15-18H2,1-2H3. The molecule has 5 rings (SSSR count). The quantitative estimate of drug-likeness (QED) is 0.354. The summed E-state index contributed by atoms with van der Waals surface area (Å²) < 4.78 is 25.1. The Morgan fingerprint density at radius 2 is 1.84 bits per heavy atom. The number of hydrogen-bond donors (Lipinski definition) is 0. The van der Waals surface area contributed by atoms with Gasteiger partial charge in [-0.3, -0.25) is 4.79 Å². The molecule has 2 aromatic heterocycles. The van der Waals surface area contributed by atoms with Crippen LogP contribution >= 0.6 is 0 Å². The van der Waals surface area contributed by atoms with E-state index in [2.05, 4.69) is 9.97 Å². The Morgan fingerprint density at radius 3 is 2.59 bits per heavy atom. The second kappa shape index (κ2) is 10.2. The Morgan fingerprint density at radius 1 is 1.05 bits per heavy atom. The zero-order valence-electron chi connectivity index (χ0n) is 20.9. The molecule has 0 aliphatic carbocycles. The molecule has 9 heteroatoms. The van der Waals surface area contributed by atoms with Gasteiger partial charge in [0.25, 0.3) is 0 Å². The highest BCUT2D eigenvalue weighted by atomic mass is 19.1. The molecule has 1 aromatic carbocycles. The Bertz CT molecular complexity index is 1310. The Kier molecular flexibility index (Phi) is 6.78. The van der Waals surface area contributed by atoms with Crippen LogP contribution in [0.4, 0.5) is 15.9 Å². The minimum Gasteiger partial charge on any atom is -0.461 e. The number of rotatable bonds is 7. The summed E-state index contributed by atoms with van der Waals surface area (Å²) in [6.45, 7) is 6.16. The van der Waals surface area contributed by atoms with Gasteiger partial charge in [0.15, 0.2) is 0 Å².